The van der Waals surface area contributed by atoms with Gasteiger partial charge in [-0.3, -0.25) is 0 Å². The lowest BCUT2D eigenvalue weighted by molar-refractivity contribution is 0.168. The van der Waals surface area contributed by atoms with Gasteiger partial charge in [0, 0.05) is 12.1 Å². The van der Waals surface area contributed by atoms with Gasteiger partial charge in [0.2, 0.25) is 10.0 Å². The van der Waals surface area contributed by atoms with Gasteiger partial charge in [0.25, 0.3) is 0 Å². The van der Waals surface area contributed by atoms with Gasteiger partial charge >= 0.3 is 0 Å². The standard InChI is InChI=1S/C15H19NO5S/c1-2-21-13-3-5-14(6-4-13)22(18,19)16-9-7-15(17)12-8-10-20-11-12/h3-6,8,10-11,15-17H,2,7,9H2,1H3. The van der Waals surface area contributed by atoms with E-state index in [1.54, 1.807) is 18.2 Å². The van der Waals surface area contributed by atoms with Crippen LogP contribution in [0.25, 0.3) is 0 Å². The Morgan fingerprint density at radius 2 is 2.00 bits per heavy atom. The predicted molar refractivity (Wildman–Crippen MR) is 81.1 cm³/mol. The van der Waals surface area contributed by atoms with Crippen molar-refractivity contribution < 1.29 is 22.7 Å². The highest BCUT2D eigenvalue weighted by molar-refractivity contribution is 7.89. The third-order valence-electron chi connectivity index (χ3n) is 3.08. The number of hydrogen-bond donors (Lipinski definition) is 2. The Hall–Kier alpha value is -1.83. The zero-order valence-electron chi connectivity index (χ0n) is 12.2. The van der Waals surface area contributed by atoms with Crippen LogP contribution >= 0.6 is 0 Å². The molecular weight excluding hydrogens is 306 g/mol. The highest BCUT2D eigenvalue weighted by atomic mass is 32.2. The lowest BCUT2D eigenvalue weighted by Crippen LogP contribution is -2.25. The van der Waals surface area contributed by atoms with Gasteiger partial charge in [-0.2, -0.15) is 0 Å². The molecule has 2 aromatic rings. The van der Waals surface area contributed by atoms with Gasteiger partial charge in [-0.05, 0) is 43.7 Å². The van der Waals surface area contributed by atoms with Crippen LogP contribution in [0.2, 0.25) is 0 Å². The second kappa shape index (κ2) is 7.44. The van der Waals surface area contributed by atoms with Crippen molar-refractivity contribution in [1.82, 2.24) is 4.72 Å². The quantitative estimate of drug-likeness (QED) is 0.776. The van der Waals surface area contributed by atoms with E-state index in [1.807, 2.05) is 6.92 Å². The van der Waals surface area contributed by atoms with Gasteiger partial charge in [-0.1, -0.05) is 0 Å². The molecule has 0 saturated carbocycles. The molecule has 22 heavy (non-hydrogen) atoms. The first-order valence-electron chi connectivity index (χ1n) is 6.95. The Labute approximate surface area is 129 Å². The Kier molecular flexibility index (Phi) is 5.59. The number of nitrogens with one attached hydrogen (secondary N) is 1. The van der Waals surface area contributed by atoms with Crippen molar-refractivity contribution in [2.45, 2.75) is 24.3 Å². The number of aliphatic hydroxyl groups excluding tert-OH is 1. The van der Waals surface area contributed by atoms with Crippen LogP contribution in [0.1, 0.15) is 25.0 Å². The monoisotopic (exact) mass is 325 g/mol. The topological polar surface area (TPSA) is 88.8 Å². The second-order valence-corrected chi connectivity index (χ2v) is 6.43. The third-order valence-corrected chi connectivity index (χ3v) is 4.56. The molecule has 0 fully saturated rings. The molecule has 2 N–H and O–H groups in total. The van der Waals surface area contributed by atoms with E-state index in [0.29, 0.717) is 17.9 Å². The fourth-order valence-corrected chi connectivity index (χ4v) is 2.97. The highest BCUT2D eigenvalue weighted by Crippen LogP contribution is 2.18. The van der Waals surface area contributed by atoms with E-state index in [1.165, 1.54) is 24.7 Å². The predicted octanol–water partition coefficient (Wildman–Crippen LogP) is 2.08. The molecular formula is C15H19NO5S. The van der Waals surface area contributed by atoms with E-state index < -0.39 is 16.1 Å². The van der Waals surface area contributed by atoms with Gasteiger partial charge in [-0.25, -0.2) is 13.1 Å². The van der Waals surface area contributed by atoms with Crippen LogP contribution in [-0.4, -0.2) is 26.7 Å². The molecule has 0 bridgehead atoms. The summed E-state index contributed by atoms with van der Waals surface area (Å²) in [5.74, 6) is 0.622. The molecule has 1 aromatic carbocycles. The molecule has 1 aromatic heterocycles. The van der Waals surface area contributed by atoms with Crippen molar-refractivity contribution in [1.29, 1.82) is 0 Å². The smallest absolute Gasteiger partial charge is 0.240 e. The number of furan rings is 1. The number of hydrogen-bond acceptors (Lipinski definition) is 5. The molecule has 0 amide bonds. The first kappa shape index (κ1) is 16.5. The van der Waals surface area contributed by atoms with E-state index in [9.17, 15) is 13.5 Å². The largest absolute Gasteiger partial charge is 0.494 e. The molecule has 1 unspecified atom stereocenters. The minimum absolute atomic E-state index is 0.127. The van der Waals surface area contributed by atoms with Gasteiger partial charge in [0.1, 0.15) is 5.75 Å². The molecule has 0 aliphatic heterocycles. The van der Waals surface area contributed by atoms with Crippen molar-refractivity contribution in [2.75, 3.05) is 13.2 Å². The lowest BCUT2D eigenvalue weighted by atomic mass is 10.1. The molecule has 1 atom stereocenters. The van der Waals surface area contributed by atoms with Gasteiger partial charge in [0.15, 0.2) is 0 Å². The van der Waals surface area contributed by atoms with Gasteiger partial charge < -0.3 is 14.3 Å². The zero-order valence-corrected chi connectivity index (χ0v) is 13.0. The van der Waals surface area contributed by atoms with Crippen LogP contribution in [0.3, 0.4) is 0 Å². The van der Waals surface area contributed by atoms with E-state index in [2.05, 4.69) is 4.72 Å². The molecule has 7 heteroatoms. The molecule has 0 aliphatic rings. The van der Waals surface area contributed by atoms with E-state index in [4.69, 9.17) is 9.15 Å². The van der Waals surface area contributed by atoms with Crippen LogP contribution in [0, 0.1) is 0 Å². The Balaban J connectivity index is 1.90. The summed E-state index contributed by atoms with van der Waals surface area (Å²) in [6, 6.07) is 7.84. The maximum atomic E-state index is 12.1. The Morgan fingerprint density at radius 3 is 2.59 bits per heavy atom. The summed E-state index contributed by atoms with van der Waals surface area (Å²) in [6.45, 7) is 2.51. The first-order valence-corrected chi connectivity index (χ1v) is 8.44. The number of benzene rings is 1. The minimum atomic E-state index is -3.60. The SMILES string of the molecule is CCOc1ccc(S(=O)(=O)NCCC(O)c2ccoc2)cc1. The van der Waals surface area contributed by atoms with Crippen LogP contribution in [0.4, 0.5) is 0 Å². The summed E-state index contributed by atoms with van der Waals surface area (Å²) in [7, 11) is -3.60. The normalized spacial score (nSPS) is 13.0. The number of aliphatic hydroxyl groups is 1. The average molecular weight is 325 g/mol. The summed E-state index contributed by atoms with van der Waals surface area (Å²) in [5, 5.41) is 9.86. The summed E-state index contributed by atoms with van der Waals surface area (Å²) in [6.07, 6.45) is 2.39. The number of rotatable bonds is 8. The maximum absolute atomic E-state index is 12.1. The second-order valence-electron chi connectivity index (χ2n) is 4.66. The fourth-order valence-electron chi connectivity index (χ4n) is 1.93. The van der Waals surface area contributed by atoms with Crippen molar-refractivity contribution in [3.05, 3.63) is 48.4 Å². The lowest BCUT2D eigenvalue weighted by Gasteiger charge is -2.10. The fraction of sp³-hybridized carbons (Fsp3) is 0.333. The van der Waals surface area contributed by atoms with Crippen molar-refractivity contribution in [3.8, 4) is 5.75 Å². The van der Waals surface area contributed by atoms with E-state index in [0.717, 1.165) is 0 Å². The maximum Gasteiger partial charge on any atom is 0.240 e. The summed E-state index contributed by atoms with van der Waals surface area (Å²) >= 11 is 0. The molecule has 120 valence electrons. The molecule has 0 saturated heterocycles. The molecule has 0 radical (unpaired) electrons. The molecule has 2 rings (SSSR count). The molecule has 1 heterocycles. The van der Waals surface area contributed by atoms with Crippen molar-refractivity contribution >= 4 is 10.0 Å². The van der Waals surface area contributed by atoms with Crippen LogP contribution in [0.5, 0.6) is 5.75 Å². The average Bonchev–Trinajstić information content (AvgIpc) is 3.02. The van der Waals surface area contributed by atoms with Gasteiger partial charge in [-0.15, -0.1) is 0 Å². The first-order chi connectivity index (χ1) is 10.5. The van der Waals surface area contributed by atoms with Crippen molar-refractivity contribution in [2.24, 2.45) is 0 Å². The molecule has 0 spiro atoms. The van der Waals surface area contributed by atoms with Crippen LogP contribution < -0.4 is 9.46 Å². The van der Waals surface area contributed by atoms with Crippen molar-refractivity contribution in [3.63, 3.8) is 0 Å². The Bertz CT molecular complexity index is 664. The zero-order chi connectivity index (χ0) is 16.0. The van der Waals surface area contributed by atoms with Crippen LogP contribution in [-0.2, 0) is 10.0 Å². The van der Waals surface area contributed by atoms with Crippen LogP contribution in [0.15, 0.2) is 52.2 Å². The third kappa shape index (κ3) is 4.33. The molecule has 0 aliphatic carbocycles. The van der Waals surface area contributed by atoms with E-state index >= 15 is 0 Å². The highest BCUT2D eigenvalue weighted by Gasteiger charge is 2.15. The molecule has 6 nitrogen and oxygen atoms in total. The Morgan fingerprint density at radius 1 is 1.27 bits per heavy atom. The summed E-state index contributed by atoms with van der Waals surface area (Å²) in [4.78, 5) is 0.161. The number of sulfonamides is 1. The minimum Gasteiger partial charge on any atom is -0.494 e. The van der Waals surface area contributed by atoms with Gasteiger partial charge in [0.05, 0.1) is 30.1 Å². The number of ether oxygens (including phenoxy) is 1. The summed E-state index contributed by atoms with van der Waals surface area (Å²) < 4.78 is 36.8. The summed E-state index contributed by atoms with van der Waals surface area (Å²) in [5.41, 5.74) is 0.625. The van der Waals surface area contributed by atoms with E-state index in [-0.39, 0.29) is 17.9 Å².